The van der Waals surface area contributed by atoms with Crippen molar-refractivity contribution in [2.75, 3.05) is 6.61 Å². The number of hydrogen-bond acceptors (Lipinski definition) is 3. The zero-order chi connectivity index (χ0) is 10.6. The lowest BCUT2D eigenvalue weighted by molar-refractivity contribution is 0.0922. The molecule has 0 aliphatic rings. The summed E-state index contributed by atoms with van der Waals surface area (Å²) in [5.41, 5.74) is 0.472. The number of carbonyl (C=O) groups excluding carboxylic acids is 1. The number of halogens is 1. The molecule has 1 rings (SSSR count). The van der Waals surface area contributed by atoms with Gasteiger partial charge in [-0.1, -0.05) is 0 Å². The van der Waals surface area contributed by atoms with Gasteiger partial charge < -0.3 is 10.4 Å². The molecule has 5 heteroatoms. The number of rotatable bonds is 3. The van der Waals surface area contributed by atoms with Crippen molar-refractivity contribution in [3.63, 3.8) is 0 Å². The van der Waals surface area contributed by atoms with Gasteiger partial charge in [0.15, 0.2) is 0 Å². The molecule has 0 unspecified atom stereocenters. The van der Waals surface area contributed by atoms with Crippen LogP contribution in [0.1, 0.15) is 17.3 Å². The molecule has 0 saturated carbocycles. The summed E-state index contributed by atoms with van der Waals surface area (Å²) >= 11 is 3.22. The third kappa shape index (κ3) is 3.08. The molecule has 0 spiro atoms. The van der Waals surface area contributed by atoms with E-state index < -0.39 is 0 Å². The van der Waals surface area contributed by atoms with Crippen LogP contribution in [0, 0.1) is 0 Å². The van der Waals surface area contributed by atoms with Gasteiger partial charge in [0.1, 0.15) is 0 Å². The van der Waals surface area contributed by atoms with E-state index in [1.807, 2.05) is 0 Å². The van der Waals surface area contributed by atoms with Gasteiger partial charge in [0.2, 0.25) is 0 Å². The number of amides is 1. The molecule has 1 atom stereocenters. The molecule has 0 saturated heterocycles. The highest BCUT2D eigenvalue weighted by Gasteiger charge is 2.09. The Bertz CT molecular complexity index is 330. The Labute approximate surface area is 90.5 Å². The molecule has 14 heavy (non-hydrogen) atoms. The minimum atomic E-state index is -0.249. The van der Waals surface area contributed by atoms with Crippen molar-refractivity contribution in [3.05, 3.63) is 28.5 Å². The minimum absolute atomic E-state index is 0.0762. The maximum atomic E-state index is 11.5. The molecular weight excluding hydrogens is 248 g/mol. The second kappa shape index (κ2) is 5.07. The first kappa shape index (κ1) is 11.1. The first-order chi connectivity index (χ1) is 6.63. The lowest BCUT2D eigenvalue weighted by atomic mass is 10.2. The van der Waals surface area contributed by atoms with Crippen molar-refractivity contribution in [1.82, 2.24) is 10.3 Å². The Morgan fingerprint density at radius 2 is 2.43 bits per heavy atom. The SMILES string of the molecule is C[C@@H](CO)NC(=O)c1cncc(Br)c1. The van der Waals surface area contributed by atoms with E-state index in [4.69, 9.17) is 5.11 Å². The highest BCUT2D eigenvalue weighted by atomic mass is 79.9. The molecular formula is C9H11BrN2O2. The summed E-state index contributed by atoms with van der Waals surface area (Å²) in [5.74, 6) is -0.236. The van der Waals surface area contributed by atoms with E-state index in [0.717, 1.165) is 4.47 Å². The summed E-state index contributed by atoms with van der Waals surface area (Å²) in [7, 11) is 0. The van der Waals surface area contributed by atoms with Crippen molar-refractivity contribution in [2.24, 2.45) is 0 Å². The largest absolute Gasteiger partial charge is 0.394 e. The van der Waals surface area contributed by atoms with E-state index >= 15 is 0 Å². The number of carbonyl (C=O) groups is 1. The predicted molar refractivity (Wildman–Crippen MR) is 56.0 cm³/mol. The molecule has 4 nitrogen and oxygen atoms in total. The van der Waals surface area contributed by atoms with Gasteiger partial charge in [-0.2, -0.15) is 0 Å². The van der Waals surface area contributed by atoms with Crippen LogP contribution < -0.4 is 5.32 Å². The van der Waals surface area contributed by atoms with Crippen LogP contribution in [0.5, 0.6) is 0 Å². The van der Waals surface area contributed by atoms with Gasteiger partial charge in [0.05, 0.1) is 12.2 Å². The van der Waals surface area contributed by atoms with Gasteiger partial charge in [-0.15, -0.1) is 0 Å². The van der Waals surface area contributed by atoms with Crippen molar-refractivity contribution in [2.45, 2.75) is 13.0 Å². The highest BCUT2D eigenvalue weighted by Crippen LogP contribution is 2.09. The molecule has 0 aromatic carbocycles. The fraction of sp³-hybridized carbons (Fsp3) is 0.333. The van der Waals surface area contributed by atoms with Gasteiger partial charge in [0, 0.05) is 22.9 Å². The number of aromatic nitrogens is 1. The van der Waals surface area contributed by atoms with Gasteiger partial charge in [-0.25, -0.2) is 0 Å². The Balaban J connectivity index is 2.70. The Hall–Kier alpha value is -0.940. The number of nitrogens with zero attached hydrogens (tertiary/aromatic N) is 1. The van der Waals surface area contributed by atoms with Gasteiger partial charge >= 0.3 is 0 Å². The van der Waals surface area contributed by atoms with Crippen LogP contribution in [0.3, 0.4) is 0 Å². The number of nitrogens with one attached hydrogen (secondary N) is 1. The van der Waals surface area contributed by atoms with E-state index in [1.54, 1.807) is 19.2 Å². The molecule has 76 valence electrons. The molecule has 1 aromatic heterocycles. The average molecular weight is 259 g/mol. The van der Waals surface area contributed by atoms with Crippen LogP contribution in [-0.2, 0) is 0 Å². The zero-order valence-electron chi connectivity index (χ0n) is 7.70. The van der Waals surface area contributed by atoms with Crippen LogP contribution in [-0.4, -0.2) is 28.6 Å². The van der Waals surface area contributed by atoms with Crippen LogP contribution in [0.15, 0.2) is 22.9 Å². The van der Waals surface area contributed by atoms with Crippen LogP contribution in [0.2, 0.25) is 0 Å². The maximum absolute atomic E-state index is 11.5. The molecule has 0 aliphatic heterocycles. The fourth-order valence-corrected chi connectivity index (χ4v) is 1.25. The lowest BCUT2D eigenvalue weighted by Crippen LogP contribution is -2.35. The number of hydrogen-bond donors (Lipinski definition) is 2. The van der Waals surface area contributed by atoms with Crippen molar-refractivity contribution < 1.29 is 9.90 Å². The summed E-state index contributed by atoms with van der Waals surface area (Å²) in [6.07, 6.45) is 3.08. The summed E-state index contributed by atoms with van der Waals surface area (Å²) in [6, 6.07) is 1.42. The molecule has 1 heterocycles. The van der Waals surface area contributed by atoms with E-state index in [0.29, 0.717) is 5.56 Å². The standard InChI is InChI=1S/C9H11BrN2O2/c1-6(5-13)12-9(14)7-2-8(10)4-11-3-7/h2-4,6,13H,5H2,1H3,(H,12,14)/t6-/m0/s1. The summed E-state index contributed by atoms with van der Waals surface area (Å²) in [4.78, 5) is 15.4. The number of aliphatic hydroxyl groups is 1. The average Bonchev–Trinajstić information content (AvgIpc) is 2.17. The summed E-state index contributed by atoms with van der Waals surface area (Å²) < 4.78 is 0.752. The number of aliphatic hydroxyl groups excluding tert-OH is 1. The number of pyridine rings is 1. The molecule has 1 aromatic rings. The molecule has 0 radical (unpaired) electrons. The smallest absolute Gasteiger partial charge is 0.253 e. The van der Waals surface area contributed by atoms with E-state index in [-0.39, 0.29) is 18.6 Å². The maximum Gasteiger partial charge on any atom is 0.253 e. The first-order valence-corrected chi connectivity index (χ1v) is 4.95. The summed E-state index contributed by atoms with van der Waals surface area (Å²) in [6.45, 7) is 1.65. The monoisotopic (exact) mass is 258 g/mol. The van der Waals surface area contributed by atoms with Gasteiger partial charge in [-0.3, -0.25) is 9.78 Å². The van der Waals surface area contributed by atoms with Crippen molar-refractivity contribution in [3.8, 4) is 0 Å². The second-order valence-electron chi connectivity index (χ2n) is 2.95. The molecule has 0 aliphatic carbocycles. The topological polar surface area (TPSA) is 62.2 Å². The molecule has 2 N–H and O–H groups in total. The van der Waals surface area contributed by atoms with E-state index in [9.17, 15) is 4.79 Å². The quantitative estimate of drug-likeness (QED) is 0.849. The highest BCUT2D eigenvalue weighted by molar-refractivity contribution is 9.10. The van der Waals surface area contributed by atoms with E-state index in [2.05, 4.69) is 26.2 Å². The third-order valence-corrected chi connectivity index (χ3v) is 2.05. The normalized spacial score (nSPS) is 12.2. The van der Waals surface area contributed by atoms with Crippen LogP contribution in [0.25, 0.3) is 0 Å². The van der Waals surface area contributed by atoms with Crippen LogP contribution >= 0.6 is 15.9 Å². The van der Waals surface area contributed by atoms with E-state index in [1.165, 1.54) is 6.20 Å². The zero-order valence-corrected chi connectivity index (χ0v) is 9.28. The van der Waals surface area contributed by atoms with Crippen molar-refractivity contribution in [1.29, 1.82) is 0 Å². The first-order valence-electron chi connectivity index (χ1n) is 4.15. The van der Waals surface area contributed by atoms with Crippen LogP contribution in [0.4, 0.5) is 0 Å². The third-order valence-electron chi connectivity index (χ3n) is 1.62. The second-order valence-corrected chi connectivity index (χ2v) is 3.86. The summed E-state index contributed by atoms with van der Waals surface area (Å²) in [5, 5.41) is 11.4. The van der Waals surface area contributed by atoms with Crippen molar-refractivity contribution >= 4 is 21.8 Å². The Kier molecular flexibility index (Phi) is 4.03. The predicted octanol–water partition coefficient (Wildman–Crippen LogP) is 0.955. The van der Waals surface area contributed by atoms with Gasteiger partial charge in [-0.05, 0) is 28.9 Å². The van der Waals surface area contributed by atoms with Gasteiger partial charge in [0.25, 0.3) is 5.91 Å². The fourth-order valence-electron chi connectivity index (χ4n) is 0.889. The molecule has 1 amide bonds. The Morgan fingerprint density at radius 3 is 3.00 bits per heavy atom. The Morgan fingerprint density at radius 1 is 1.71 bits per heavy atom. The molecule has 0 fully saturated rings. The molecule has 0 bridgehead atoms. The lowest BCUT2D eigenvalue weighted by Gasteiger charge is -2.10. The minimum Gasteiger partial charge on any atom is -0.394 e.